The molecule has 3 N–H and O–H groups in total. The number of fused-ring (bicyclic) bond motifs is 3. The van der Waals surface area contributed by atoms with Gasteiger partial charge >= 0.3 is 12.1 Å². The zero-order valence-electron chi connectivity index (χ0n) is 19.7. The summed E-state index contributed by atoms with van der Waals surface area (Å²) in [5, 5.41) is 14.8. The second kappa shape index (κ2) is 11.9. The van der Waals surface area contributed by atoms with Crippen LogP contribution in [0, 0.1) is 11.8 Å². The first-order valence-corrected chi connectivity index (χ1v) is 12.6. The molecule has 2 amide bonds. The van der Waals surface area contributed by atoms with Crippen LogP contribution in [0.3, 0.4) is 0 Å². The maximum absolute atomic E-state index is 12.2. The van der Waals surface area contributed by atoms with Crippen LogP contribution in [-0.4, -0.2) is 53.8 Å². The van der Waals surface area contributed by atoms with Crippen LogP contribution in [0.15, 0.2) is 48.5 Å². The highest BCUT2D eigenvalue weighted by atomic mass is 32.2. The summed E-state index contributed by atoms with van der Waals surface area (Å²) in [6.45, 7) is 5.98. The molecule has 7 nitrogen and oxygen atoms in total. The zero-order valence-corrected chi connectivity index (χ0v) is 20.6. The average Bonchev–Trinajstić information content (AvgIpc) is 3.10. The summed E-state index contributed by atoms with van der Waals surface area (Å²) in [6.07, 6.45) is -0.484. The van der Waals surface area contributed by atoms with E-state index in [4.69, 9.17) is 4.74 Å². The van der Waals surface area contributed by atoms with E-state index in [0.717, 1.165) is 11.1 Å². The number of ether oxygens (including phenoxy) is 1. The van der Waals surface area contributed by atoms with Gasteiger partial charge in [0.15, 0.2) is 0 Å². The van der Waals surface area contributed by atoms with Gasteiger partial charge in [0, 0.05) is 24.3 Å². The molecule has 0 aromatic heterocycles. The summed E-state index contributed by atoms with van der Waals surface area (Å²) in [5.74, 6) is -1.10. The molecular weight excluding hydrogens is 452 g/mol. The van der Waals surface area contributed by atoms with E-state index in [1.165, 1.54) is 22.9 Å². The number of nitrogens with one attached hydrogen (secondary N) is 2. The quantitative estimate of drug-likeness (QED) is 0.415. The van der Waals surface area contributed by atoms with Crippen molar-refractivity contribution in [2.75, 3.05) is 24.7 Å². The highest BCUT2D eigenvalue weighted by Crippen LogP contribution is 2.44. The molecule has 2 atom stereocenters. The standard InChI is InChI=1S/C26H32N2O5S/c1-16(2)24(25(30)31)17(3)28-23(29)15-34-13-12-27-26(32)33-14-22-20-10-6-4-8-18(20)19-9-5-7-11-21(19)22/h4-11,16-17,22,24H,12-15H2,1-3H3,(H,27,32)(H,28,29)(H,30,31). The minimum Gasteiger partial charge on any atom is -0.481 e. The molecule has 3 rings (SSSR count). The van der Waals surface area contributed by atoms with Crippen LogP contribution in [-0.2, 0) is 14.3 Å². The maximum Gasteiger partial charge on any atom is 0.407 e. The Labute approximate surface area is 204 Å². The molecule has 8 heteroatoms. The van der Waals surface area contributed by atoms with Crippen LogP contribution in [0.4, 0.5) is 4.79 Å². The van der Waals surface area contributed by atoms with Gasteiger partial charge in [0.05, 0.1) is 11.7 Å². The second-order valence-corrected chi connectivity index (χ2v) is 9.87. The van der Waals surface area contributed by atoms with Gasteiger partial charge in [-0.15, -0.1) is 0 Å². The van der Waals surface area contributed by atoms with E-state index in [2.05, 4.69) is 34.9 Å². The molecule has 0 spiro atoms. The highest BCUT2D eigenvalue weighted by Gasteiger charge is 2.30. The number of carboxylic acids is 1. The van der Waals surface area contributed by atoms with Crippen LogP contribution < -0.4 is 10.6 Å². The monoisotopic (exact) mass is 484 g/mol. The Kier molecular flexibility index (Phi) is 8.98. The number of alkyl carbamates (subject to hydrolysis) is 1. The third kappa shape index (κ3) is 6.32. The lowest BCUT2D eigenvalue weighted by molar-refractivity contribution is -0.144. The van der Waals surface area contributed by atoms with E-state index in [1.54, 1.807) is 6.92 Å². The molecule has 2 aromatic rings. The van der Waals surface area contributed by atoms with Gasteiger partial charge in [-0.25, -0.2) is 4.79 Å². The Hall–Kier alpha value is -3.00. The van der Waals surface area contributed by atoms with Crippen molar-refractivity contribution in [2.45, 2.75) is 32.7 Å². The van der Waals surface area contributed by atoms with Crippen molar-refractivity contribution in [1.82, 2.24) is 10.6 Å². The molecule has 0 heterocycles. The predicted octanol–water partition coefficient (Wildman–Crippen LogP) is 4.12. The first kappa shape index (κ1) is 25.6. The van der Waals surface area contributed by atoms with Gasteiger partial charge in [-0.2, -0.15) is 11.8 Å². The number of carbonyl (C=O) groups is 3. The summed E-state index contributed by atoms with van der Waals surface area (Å²) < 4.78 is 5.50. The van der Waals surface area contributed by atoms with Crippen LogP contribution in [0.2, 0.25) is 0 Å². The number of carboxylic acid groups (broad SMARTS) is 1. The number of hydrogen-bond donors (Lipinski definition) is 3. The molecule has 34 heavy (non-hydrogen) atoms. The summed E-state index contributed by atoms with van der Waals surface area (Å²) in [5.41, 5.74) is 4.68. The molecule has 0 saturated carbocycles. The Morgan fingerprint density at radius 3 is 2.15 bits per heavy atom. The Morgan fingerprint density at radius 1 is 1.00 bits per heavy atom. The number of aliphatic carboxylic acids is 1. The largest absolute Gasteiger partial charge is 0.481 e. The molecule has 0 aliphatic heterocycles. The summed E-state index contributed by atoms with van der Waals surface area (Å²) in [4.78, 5) is 35.7. The molecule has 182 valence electrons. The van der Waals surface area contributed by atoms with Crippen LogP contribution >= 0.6 is 11.8 Å². The third-order valence-corrected chi connectivity index (χ3v) is 6.98. The zero-order chi connectivity index (χ0) is 24.7. The van der Waals surface area contributed by atoms with Gasteiger partial charge in [-0.3, -0.25) is 9.59 Å². The average molecular weight is 485 g/mol. The Morgan fingerprint density at radius 2 is 1.59 bits per heavy atom. The Bertz CT molecular complexity index is 980. The minimum absolute atomic E-state index is 0.0127. The molecule has 1 aliphatic carbocycles. The normalized spacial score (nSPS) is 14.1. The molecule has 0 radical (unpaired) electrons. The molecular formula is C26H32N2O5S. The fourth-order valence-electron chi connectivity index (χ4n) is 4.50. The van der Waals surface area contributed by atoms with Crippen molar-refractivity contribution in [3.8, 4) is 11.1 Å². The molecule has 2 aromatic carbocycles. The highest BCUT2D eigenvalue weighted by molar-refractivity contribution is 7.99. The maximum atomic E-state index is 12.2. The fourth-order valence-corrected chi connectivity index (χ4v) is 5.16. The van der Waals surface area contributed by atoms with Gasteiger partial charge in [0.25, 0.3) is 0 Å². The van der Waals surface area contributed by atoms with E-state index in [9.17, 15) is 19.5 Å². The smallest absolute Gasteiger partial charge is 0.407 e. The number of benzene rings is 2. The van der Waals surface area contributed by atoms with Gasteiger partial charge in [-0.05, 0) is 35.1 Å². The first-order chi connectivity index (χ1) is 16.3. The van der Waals surface area contributed by atoms with Gasteiger partial charge in [0.1, 0.15) is 6.61 Å². The number of hydrogen-bond acceptors (Lipinski definition) is 5. The van der Waals surface area contributed by atoms with Gasteiger partial charge in [-0.1, -0.05) is 62.4 Å². The number of rotatable bonds is 11. The lowest BCUT2D eigenvalue weighted by Crippen LogP contribution is -2.44. The van der Waals surface area contributed by atoms with Crippen molar-refractivity contribution >= 4 is 29.7 Å². The molecule has 0 bridgehead atoms. The molecule has 0 saturated heterocycles. The van der Waals surface area contributed by atoms with Crippen molar-refractivity contribution in [3.63, 3.8) is 0 Å². The van der Waals surface area contributed by atoms with Crippen LogP contribution in [0.1, 0.15) is 37.8 Å². The van der Waals surface area contributed by atoms with Gasteiger partial charge < -0.3 is 20.5 Å². The number of thioether (sulfide) groups is 1. The van der Waals surface area contributed by atoms with Crippen molar-refractivity contribution in [1.29, 1.82) is 0 Å². The SMILES string of the molecule is CC(C)C(C(=O)O)C(C)NC(=O)CSCCNC(=O)OCC1c2ccccc2-c2ccccc21. The van der Waals surface area contributed by atoms with Crippen molar-refractivity contribution in [3.05, 3.63) is 59.7 Å². The van der Waals surface area contributed by atoms with Crippen molar-refractivity contribution in [2.24, 2.45) is 11.8 Å². The van der Waals surface area contributed by atoms with E-state index in [1.807, 2.05) is 38.1 Å². The van der Waals surface area contributed by atoms with Crippen LogP contribution in [0.25, 0.3) is 11.1 Å². The van der Waals surface area contributed by atoms with Crippen LogP contribution in [0.5, 0.6) is 0 Å². The number of amides is 2. The fraction of sp³-hybridized carbons (Fsp3) is 0.423. The summed E-state index contributed by atoms with van der Waals surface area (Å²) in [6, 6.07) is 15.9. The van der Waals surface area contributed by atoms with Crippen molar-refractivity contribution < 1.29 is 24.2 Å². The summed E-state index contributed by atoms with van der Waals surface area (Å²) in [7, 11) is 0. The topological polar surface area (TPSA) is 105 Å². The van der Waals surface area contributed by atoms with E-state index in [-0.39, 0.29) is 30.1 Å². The molecule has 0 fully saturated rings. The van der Waals surface area contributed by atoms with E-state index in [0.29, 0.717) is 12.3 Å². The molecule has 2 unspecified atom stereocenters. The lowest BCUT2D eigenvalue weighted by atomic mass is 9.89. The minimum atomic E-state index is -0.914. The molecule has 1 aliphatic rings. The van der Waals surface area contributed by atoms with E-state index >= 15 is 0 Å². The van der Waals surface area contributed by atoms with E-state index < -0.39 is 24.0 Å². The third-order valence-electron chi connectivity index (χ3n) is 6.02. The first-order valence-electron chi connectivity index (χ1n) is 11.5. The van der Waals surface area contributed by atoms with Gasteiger partial charge in [0.2, 0.25) is 5.91 Å². The predicted molar refractivity (Wildman–Crippen MR) is 134 cm³/mol. The summed E-state index contributed by atoms with van der Waals surface area (Å²) >= 11 is 1.37. The Balaban J connectivity index is 1.37. The number of carbonyl (C=O) groups excluding carboxylic acids is 2. The second-order valence-electron chi connectivity index (χ2n) is 8.77. The lowest BCUT2D eigenvalue weighted by Gasteiger charge is -2.24.